The van der Waals surface area contributed by atoms with Crippen LogP contribution in [-0.4, -0.2) is 37.7 Å². The van der Waals surface area contributed by atoms with E-state index in [1.54, 1.807) is 24.5 Å². The molecule has 0 aliphatic rings. The second-order valence-corrected chi connectivity index (χ2v) is 6.17. The van der Waals surface area contributed by atoms with Crippen LogP contribution in [0.3, 0.4) is 0 Å². The number of hydrogen-bond donors (Lipinski definition) is 2. The van der Waals surface area contributed by atoms with Crippen LogP contribution in [0.25, 0.3) is 11.5 Å². The average molecular weight is 370 g/mol. The third-order valence-corrected chi connectivity index (χ3v) is 4.09. The van der Waals surface area contributed by atoms with Crippen LogP contribution < -0.4 is 5.32 Å². The maximum atomic E-state index is 12.3. The molecule has 0 atom stereocenters. The van der Waals surface area contributed by atoms with Gasteiger partial charge in [-0.3, -0.25) is 14.6 Å². The van der Waals surface area contributed by atoms with Gasteiger partial charge in [0.2, 0.25) is 11.8 Å². The summed E-state index contributed by atoms with van der Waals surface area (Å²) in [5.74, 6) is -0.261. The van der Waals surface area contributed by atoms with Crippen LogP contribution in [0, 0.1) is 0 Å². The van der Waals surface area contributed by atoms with Crippen molar-refractivity contribution in [2.24, 2.45) is 0 Å². The number of hydrogen-bond acceptors (Lipinski definition) is 8. The lowest BCUT2D eigenvalue weighted by molar-refractivity contribution is -0.114. The van der Waals surface area contributed by atoms with E-state index in [1.165, 1.54) is 25.1 Å². The van der Waals surface area contributed by atoms with Gasteiger partial charge in [-0.05, 0) is 30.3 Å². The SMILES string of the molecule is CC(=O)Nc1cc(C(=O)CSc2nnc(-c3cccnc3)o2)ccc1O. The second kappa shape index (κ2) is 7.79. The van der Waals surface area contributed by atoms with Crippen molar-refractivity contribution in [3.8, 4) is 17.2 Å². The Labute approximate surface area is 152 Å². The number of nitrogens with one attached hydrogen (secondary N) is 1. The van der Waals surface area contributed by atoms with Gasteiger partial charge in [0, 0.05) is 24.9 Å². The maximum Gasteiger partial charge on any atom is 0.277 e. The third-order valence-electron chi connectivity index (χ3n) is 3.27. The molecule has 0 saturated carbocycles. The van der Waals surface area contributed by atoms with Crippen LogP contribution in [0.2, 0.25) is 0 Å². The molecule has 132 valence electrons. The lowest BCUT2D eigenvalue weighted by Crippen LogP contribution is -2.08. The summed E-state index contributed by atoms with van der Waals surface area (Å²) in [7, 11) is 0. The summed E-state index contributed by atoms with van der Waals surface area (Å²) < 4.78 is 5.50. The van der Waals surface area contributed by atoms with Crippen molar-refractivity contribution in [2.45, 2.75) is 12.1 Å². The Hall–Kier alpha value is -3.20. The molecule has 26 heavy (non-hydrogen) atoms. The molecule has 0 bridgehead atoms. The number of ketones is 1. The molecule has 2 N–H and O–H groups in total. The summed E-state index contributed by atoms with van der Waals surface area (Å²) >= 11 is 1.10. The molecule has 9 heteroatoms. The zero-order valence-corrected chi connectivity index (χ0v) is 14.5. The smallest absolute Gasteiger partial charge is 0.277 e. The number of carbonyl (C=O) groups excluding carboxylic acids is 2. The Kier molecular flexibility index (Phi) is 5.28. The number of nitrogens with zero attached hydrogens (tertiary/aromatic N) is 3. The predicted octanol–water partition coefficient (Wildman–Crippen LogP) is 2.77. The Morgan fingerprint density at radius 3 is 2.85 bits per heavy atom. The first-order valence-corrected chi connectivity index (χ1v) is 8.52. The van der Waals surface area contributed by atoms with E-state index in [0.717, 1.165) is 11.8 Å². The predicted molar refractivity (Wildman–Crippen MR) is 95.0 cm³/mol. The number of thioether (sulfide) groups is 1. The minimum atomic E-state index is -0.340. The molecule has 2 aromatic heterocycles. The van der Waals surface area contributed by atoms with Crippen molar-refractivity contribution < 1.29 is 19.1 Å². The highest BCUT2D eigenvalue weighted by Gasteiger charge is 2.14. The van der Waals surface area contributed by atoms with Gasteiger partial charge in [-0.25, -0.2) is 0 Å². The third kappa shape index (κ3) is 4.25. The van der Waals surface area contributed by atoms with Crippen molar-refractivity contribution >= 4 is 29.1 Å². The van der Waals surface area contributed by atoms with E-state index in [4.69, 9.17) is 4.42 Å². The number of aromatic nitrogens is 3. The molecule has 3 rings (SSSR count). The molecule has 0 unspecified atom stereocenters. The van der Waals surface area contributed by atoms with Gasteiger partial charge in [0.1, 0.15) is 5.75 Å². The minimum absolute atomic E-state index is 0.0684. The quantitative estimate of drug-likeness (QED) is 0.386. The molecule has 1 amide bonds. The molecular formula is C17H14N4O4S. The molecule has 0 radical (unpaired) electrons. The lowest BCUT2D eigenvalue weighted by Gasteiger charge is -2.07. The number of phenolic OH excluding ortho intramolecular Hbond substituents is 1. The van der Waals surface area contributed by atoms with Crippen LogP contribution >= 0.6 is 11.8 Å². The van der Waals surface area contributed by atoms with Gasteiger partial charge in [-0.2, -0.15) is 0 Å². The number of benzene rings is 1. The average Bonchev–Trinajstić information content (AvgIpc) is 3.11. The Balaban J connectivity index is 1.66. The normalized spacial score (nSPS) is 10.5. The first-order chi connectivity index (χ1) is 12.5. The van der Waals surface area contributed by atoms with Crippen molar-refractivity contribution in [3.05, 3.63) is 48.3 Å². The van der Waals surface area contributed by atoms with Gasteiger partial charge in [-0.1, -0.05) is 11.8 Å². The fraction of sp³-hybridized carbons (Fsp3) is 0.118. The summed E-state index contributed by atoms with van der Waals surface area (Å²) in [4.78, 5) is 27.4. The van der Waals surface area contributed by atoms with Gasteiger partial charge < -0.3 is 14.8 Å². The van der Waals surface area contributed by atoms with E-state index < -0.39 is 0 Å². The van der Waals surface area contributed by atoms with E-state index >= 15 is 0 Å². The van der Waals surface area contributed by atoms with Crippen LogP contribution in [-0.2, 0) is 4.79 Å². The van der Waals surface area contributed by atoms with Crippen molar-refractivity contribution in [1.82, 2.24) is 15.2 Å². The Morgan fingerprint density at radius 2 is 2.12 bits per heavy atom. The largest absolute Gasteiger partial charge is 0.506 e. The topological polar surface area (TPSA) is 118 Å². The van der Waals surface area contributed by atoms with E-state index in [-0.39, 0.29) is 34.1 Å². The Bertz CT molecular complexity index is 943. The van der Waals surface area contributed by atoms with Gasteiger partial charge in [0.05, 0.1) is 17.0 Å². The van der Waals surface area contributed by atoms with Crippen LogP contribution in [0.15, 0.2) is 52.4 Å². The van der Waals surface area contributed by atoms with E-state index in [9.17, 15) is 14.7 Å². The highest BCUT2D eigenvalue weighted by Crippen LogP contribution is 2.26. The lowest BCUT2D eigenvalue weighted by atomic mass is 10.1. The minimum Gasteiger partial charge on any atom is -0.506 e. The Morgan fingerprint density at radius 1 is 1.27 bits per heavy atom. The number of aromatic hydroxyl groups is 1. The number of Topliss-reactive ketones (excluding diaryl/α,β-unsaturated/α-hetero) is 1. The first-order valence-electron chi connectivity index (χ1n) is 7.53. The highest BCUT2D eigenvalue weighted by atomic mass is 32.2. The number of amides is 1. The van der Waals surface area contributed by atoms with Crippen LogP contribution in [0.1, 0.15) is 17.3 Å². The number of pyridine rings is 1. The standard InChI is InChI=1S/C17H14N4O4S/c1-10(22)19-13-7-11(4-5-14(13)23)15(24)9-26-17-21-20-16(25-17)12-3-2-6-18-8-12/h2-8,23H,9H2,1H3,(H,19,22). The number of anilines is 1. The molecular weight excluding hydrogens is 356 g/mol. The van der Waals surface area contributed by atoms with Gasteiger partial charge in [0.15, 0.2) is 5.78 Å². The summed E-state index contributed by atoms with van der Waals surface area (Å²) in [5.41, 5.74) is 1.23. The zero-order chi connectivity index (χ0) is 18.5. The molecule has 2 heterocycles. The monoisotopic (exact) mass is 370 g/mol. The zero-order valence-electron chi connectivity index (χ0n) is 13.7. The van der Waals surface area contributed by atoms with Gasteiger partial charge in [-0.15, -0.1) is 10.2 Å². The summed E-state index contributed by atoms with van der Waals surface area (Å²) in [5, 5.41) is 20.3. The molecule has 8 nitrogen and oxygen atoms in total. The van der Waals surface area contributed by atoms with E-state index in [0.29, 0.717) is 17.0 Å². The molecule has 0 aliphatic heterocycles. The van der Waals surface area contributed by atoms with Crippen molar-refractivity contribution in [2.75, 3.05) is 11.1 Å². The van der Waals surface area contributed by atoms with Crippen molar-refractivity contribution in [1.29, 1.82) is 0 Å². The fourth-order valence-corrected chi connectivity index (χ4v) is 2.74. The maximum absolute atomic E-state index is 12.3. The number of carbonyl (C=O) groups is 2. The second-order valence-electron chi connectivity index (χ2n) is 5.24. The van der Waals surface area contributed by atoms with E-state index in [2.05, 4.69) is 20.5 Å². The van der Waals surface area contributed by atoms with Gasteiger partial charge >= 0.3 is 0 Å². The summed E-state index contributed by atoms with van der Waals surface area (Å²) in [6, 6.07) is 7.82. The van der Waals surface area contributed by atoms with Gasteiger partial charge in [0.25, 0.3) is 5.22 Å². The van der Waals surface area contributed by atoms with Crippen LogP contribution in [0.4, 0.5) is 5.69 Å². The highest BCUT2D eigenvalue weighted by molar-refractivity contribution is 7.99. The first kappa shape index (κ1) is 17.6. The number of rotatable bonds is 6. The molecule has 0 spiro atoms. The van der Waals surface area contributed by atoms with Crippen molar-refractivity contribution in [3.63, 3.8) is 0 Å². The molecule has 0 fully saturated rings. The molecule has 3 aromatic rings. The molecule has 0 aliphatic carbocycles. The fourth-order valence-electron chi connectivity index (χ4n) is 2.08. The van der Waals surface area contributed by atoms with Crippen LogP contribution in [0.5, 0.6) is 5.75 Å². The molecule has 1 aromatic carbocycles. The summed E-state index contributed by atoms with van der Waals surface area (Å²) in [6.07, 6.45) is 3.24. The molecule has 0 saturated heterocycles. The number of phenols is 1. The summed E-state index contributed by atoms with van der Waals surface area (Å²) in [6.45, 7) is 1.32. The van der Waals surface area contributed by atoms with E-state index in [1.807, 2.05) is 0 Å².